The SMILES string of the molecule is CC1CN(C(=O)c2ccccc2)CCN1C(=O)C(=O)c1c[nH]c2[nH]c(=O)ccc12. The molecule has 0 spiro atoms. The van der Waals surface area contributed by atoms with Gasteiger partial charge in [0.05, 0.1) is 5.56 Å². The molecule has 29 heavy (non-hydrogen) atoms. The van der Waals surface area contributed by atoms with Crippen LogP contribution in [0.1, 0.15) is 27.6 Å². The van der Waals surface area contributed by atoms with Crippen molar-refractivity contribution in [3.8, 4) is 0 Å². The molecule has 8 heteroatoms. The maximum Gasteiger partial charge on any atom is 0.295 e. The molecule has 0 radical (unpaired) electrons. The summed E-state index contributed by atoms with van der Waals surface area (Å²) in [5.74, 6) is -1.34. The average Bonchev–Trinajstić information content (AvgIpc) is 3.15. The normalized spacial score (nSPS) is 16.8. The Morgan fingerprint density at radius 1 is 1.03 bits per heavy atom. The Kier molecular flexibility index (Phi) is 4.75. The summed E-state index contributed by atoms with van der Waals surface area (Å²) in [6, 6.07) is 11.5. The number of hydrogen-bond acceptors (Lipinski definition) is 4. The second kappa shape index (κ2) is 7.38. The second-order valence-corrected chi connectivity index (χ2v) is 7.11. The van der Waals surface area contributed by atoms with Crippen molar-refractivity contribution in [3.05, 3.63) is 70.1 Å². The third kappa shape index (κ3) is 3.44. The number of Topliss-reactive ketones (excluding diaryl/α,β-unsaturated/α-hetero) is 1. The molecular weight excluding hydrogens is 372 g/mol. The summed E-state index contributed by atoms with van der Waals surface area (Å²) in [4.78, 5) is 58.3. The minimum absolute atomic E-state index is 0.0866. The smallest absolute Gasteiger partial charge is 0.295 e. The van der Waals surface area contributed by atoms with E-state index >= 15 is 0 Å². The third-order valence-electron chi connectivity index (χ3n) is 5.21. The van der Waals surface area contributed by atoms with Crippen molar-refractivity contribution >= 4 is 28.6 Å². The van der Waals surface area contributed by atoms with Crippen molar-refractivity contribution in [3.63, 3.8) is 0 Å². The molecule has 1 fully saturated rings. The van der Waals surface area contributed by atoms with E-state index in [1.54, 1.807) is 17.0 Å². The molecule has 1 aromatic carbocycles. The summed E-state index contributed by atoms with van der Waals surface area (Å²) in [7, 11) is 0. The van der Waals surface area contributed by atoms with Gasteiger partial charge in [-0.05, 0) is 25.1 Å². The Morgan fingerprint density at radius 3 is 2.52 bits per heavy atom. The molecule has 2 amide bonds. The zero-order valence-corrected chi connectivity index (χ0v) is 15.8. The summed E-state index contributed by atoms with van der Waals surface area (Å²) in [6.45, 7) is 2.82. The van der Waals surface area contributed by atoms with Crippen molar-refractivity contribution in [2.24, 2.45) is 0 Å². The number of carbonyl (C=O) groups excluding carboxylic acids is 3. The minimum atomic E-state index is -0.641. The number of fused-ring (bicyclic) bond motifs is 1. The van der Waals surface area contributed by atoms with Crippen LogP contribution in [0.5, 0.6) is 0 Å². The van der Waals surface area contributed by atoms with Crippen LogP contribution < -0.4 is 5.56 Å². The molecule has 4 rings (SSSR count). The van der Waals surface area contributed by atoms with Crippen LogP contribution in [-0.2, 0) is 4.79 Å². The van der Waals surface area contributed by atoms with Crippen LogP contribution in [0.2, 0.25) is 0 Å². The fourth-order valence-corrected chi connectivity index (χ4v) is 3.68. The van der Waals surface area contributed by atoms with Crippen LogP contribution in [0.25, 0.3) is 11.0 Å². The van der Waals surface area contributed by atoms with Gasteiger partial charge < -0.3 is 19.8 Å². The van der Waals surface area contributed by atoms with E-state index in [0.29, 0.717) is 29.7 Å². The van der Waals surface area contributed by atoms with Gasteiger partial charge in [0.2, 0.25) is 5.56 Å². The van der Waals surface area contributed by atoms with E-state index in [1.807, 2.05) is 25.1 Å². The van der Waals surface area contributed by atoms with E-state index in [2.05, 4.69) is 9.97 Å². The molecule has 0 bridgehead atoms. The van der Waals surface area contributed by atoms with E-state index in [4.69, 9.17) is 0 Å². The van der Waals surface area contributed by atoms with E-state index in [1.165, 1.54) is 23.2 Å². The van der Waals surface area contributed by atoms with Crippen LogP contribution in [-0.4, -0.2) is 63.0 Å². The van der Waals surface area contributed by atoms with Gasteiger partial charge in [0.25, 0.3) is 17.6 Å². The number of rotatable bonds is 3. The number of nitrogens with zero attached hydrogens (tertiary/aromatic N) is 2. The first-order chi connectivity index (χ1) is 14.0. The molecule has 0 saturated carbocycles. The Morgan fingerprint density at radius 2 is 1.79 bits per heavy atom. The van der Waals surface area contributed by atoms with E-state index in [9.17, 15) is 19.2 Å². The topological polar surface area (TPSA) is 106 Å². The van der Waals surface area contributed by atoms with Crippen LogP contribution in [0.3, 0.4) is 0 Å². The van der Waals surface area contributed by atoms with Gasteiger partial charge in [-0.3, -0.25) is 19.2 Å². The molecular formula is C21H20N4O4. The number of aromatic nitrogens is 2. The number of amides is 2. The molecule has 1 unspecified atom stereocenters. The quantitative estimate of drug-likeness (QED) is 0.519. The highest BCUT2D eigenvalue weighted by atomic mass is 16.2. The Bertz CT molecular complexity index is 1150. The maximum absolute atomic E-state index is 12.9. The van der Waals surface area contributed by atoms with E-state index in [0.717, 1.165) is 0 Å². The predicted molar refractivity (Wildman–Crippen MR) is 107 cm³/mol. The van der Waals surface area contributed by atoms with Gasteiger partial charge in [-0.1, -0.05) is 18.2 Å². The first kappa shape index (κ1) is 18.7. The van der Waals surface area contributed by atoms with Gasteiger partial charge in [0, 0.05) is 48.9 Å². The Balaban J connectivity index is 1.49. The van der Waals surface area contributed by atoms with Gasteiger partial charge in [-0.25, -0.2) is 0 Å². The fourth-order valence-electron chi connectivity index (χ4n) is 3.68. The lowest BCUT2D eigenvalue weighted by Crippen LogP contribution is -2.56. The number of nitrogens with one attached hydrogen (secondary N) is 2. The first-order valence-corrected chi connectivity index (χ1v) is 9.35. The minimum Gasteiger partial charge on any atom is -0.347 e. The lowest BCUT2D eigenvalue weighted by molar-refractivity contribution is -0.130. The molecule has 1 aliphatic heterocycles. The zero-order chi connectivity index (χ0) is 20.5. The Hall–Kier alpha value is -3.68. The summed E-state index contributed by atoms with van der Waals surface area (Å²) in [6.07, 6.45) is 1.43. The number of benzene rings is 1. The van der Waals surface area contributed by atoms with Crippen molar-refractivity contribution in [2.45, 2.75) is 13.0 Å². The summed E-state index contributed by atoms with van der Waals surface area (Å²) in [5.41, 5.74) is 0.928. The van der Waals surface area contributed by atoms with Crippen molar-refractivity contribution in [1.29, 1.82) is 0 Å². The number of aromatic amines is 2. The standard InChI is InChI=1S/C21H20N4O4/c1-13-12-24(20(28)14-5-3-2-4-6-14)9-10-25(13)21(29)18(27)16-11-22-19-15(16)7-8-17(26)23-19/h2-8,11,13H,9-10,12H2,1H3,(H2,22,23,26). The molecule has 1 atom stereocenters. The summed E-state index contributed by atoms with van der Waals surface area (Å²) < 4.78 is 0. The van der Waals surface area contributed by atoms with Crippen molar-refractivity contribution in [2.75, 3.05) is 19.6 Å². The van der Waals surface area contributed by atoms with Gasteiger partial charge in [0.15, 0.2) is 0 Å². The molecule has 0 aliphatic carbocycles. The lowest BCUT2D eigenvalue weighted by atomic mass is 10.1. The highest BCUT2D eigenvalue weighted by Gasteiger charge is 2.34. The molecule has 3 heterocycles. The lowest BCUT2D eigenvalue weighted by Gasteiger charge is -2.39. The molecule has 8 nitrogen and oxygen atoms in total. The third-order valence-corrected chi connectivity index (χ3v) is 5.21. The number of carbonyl (C=O) groups is 3. The number of hydrogen-bond donors (Lipinski definition) is 2. The van der Waals surface area contributed by atoms with Gasteiger partial charge >= 0.3 is 0 Å². The number of ketones is 1. The number of pyridine rings is 1. The highest BCUT2D eigenvalue weighted by Crippen LogP contribution is 2.19. The predicted octanol–water partition coefficient (Wildman–Crippen LogP) is 1.41. The largest absolute Gasteiger partial charge is 0.347 e. The number of piperazine rings is 1. The first-order valence-electron chi connectivity index (χ1n) is 9.35. The molecule has 1 aliphatic rings. The second-order valence-electron chi connectivity index (χ2n) is 7.11. The van der Waals surface area contributed by atoms with Crippen LogP contribution in [0.15, 0.2) is 53.5 Å². The van der Waals surface area contributed by atoms with Crippen LogP contribution in [0.4, 0.5) is 0 Å². The summed E-state index contributed by atoms with van der Waals surface area (Å²) in [5, 5.41) is 0.494. The van der Waals surface area contributed by atoms with Crippen molar-refractivity contribution < 1.29 is 14.4 Å². The van der Waals surface area contributed by atoms with Crippen molar-refractivity contribution in [1.82, 2.24) is 19.8 Å². The van der Waals surface area contributed by atoms with Gasteiger partial charge in [0.1, 0.15) is 5.65 Å². The monoisotopic (exact) mass is 392 g/mol. The number of H-pyrrole nitrogens is 2. The molecule has 148 valence electrons. The molecule has 3 aromatic rings. The molecule has 1 saturated heterocycles. The maximum atomic E-state index is 12.9. The van der Waals surface area contributed by atoms with Crippen LogP contribution >= 0.6 is 0 Å². The molecule has 2 N–H and O–H groups in total. The van der Waals surface area contributed by atoms with E-state index in [-0.39, 0.29) is 29.6 Å². The van der Waals surface area contributed by atoms with E-state index < -0.39 is 11.7 Å². The molecule has 2 aromatic heterocycles. The van der Waals surface area contributed by atoms with Gasteiger partial charge in [-0.2, -0.15) is 0 Å². The zero-order valence-electron chi connectivity index (χ0n) is 15.8. The van der Waals surface area contributed by atoms with Gasteiger partial charge in [-0.15, -0.1) is 0 Å². The fraction of sp³-hybridized carbons (Fsp3) is 0.238. The summed E-state index contributed by atoms with van der Waals surface area (Å²) >= 11 is 0. The average molecular weight is 392 g/mol. The van der Waals surface area contributed by atoms with Crippen LogP contribution in [0, 0.1) is 0 Å². The highest BCUT2D eigenvalue weighted by molar-refractivity contribution is 6.44. The Labute approximate surface area is 166 Å².